The molecule has 0 saturated carbocycles. The van der Waals surface area contributed by atoms with Gasteiger partial charge in [-0.1, -0.05) is 70.5 Å². The van der Waals surface area contributed by atoms with E-state index in [1.807, 2.05) is 0 Å². The second kappa shape index (κ2) is 11.0. The van der Waals surface area contributed by atoms with E-state index < -0.39 is 20.2 Å². The summed E-state index contributed by atoms with van der Waals surface area (Å²) in [4.78, 5) is -0.0223. The molecular weight excluding hydrogens is 568 g/mol. The van der Waals surface area contributed by atoms with Crippen LogP contribution in [-0.4, -0.2) is 16.8 Å². The van der Waals surface area contributed by atoms with Gasteiger partial charge < -0.3 is 8.37 Å². The van der Waals surface area contributed by atoms with Gasteiger partial charge in [-0.3, -0.25) is 0 Å². The van der Waals surface area contributed by atoms with Crippen LogP contribution in [0.15, 0.2) is 123 Å². The van der Waals surface area contributed by atoms with E-state index in [9.17, 15) is 16.8 Å². The van der Waals surface area contributed by atoms with Crippen LogP contribution in [0.2, 0.25) is 0 Å². The first-order valence-electron chi connectivity index (χ1n) is 10.5. The standard InChI is InChI=1S/C25H19BrN2O6S2/c26-18-19-15-16-25(34-36(31,32)21-11-5-2-6-12-21)23(17-19)28-27-22-13-7-8-14-24(22)33-35(29,30)20-9-3-1-4-10-20/h1-17H,18H2. The van der Waals surface area contributed by atoms with Gasteiger partial charge in [-0.05, 0) is 54.1 Å². The Morgan fingerprint density at radius 1 is 0.583 bits per heavy atom. The van der Waals surface area contributed by atoms with Crippen molar-refractivity contribution in [2.24, 2.45) is 10.2 Å². The minimum atomic E-state index is -4.12. The van der Waals surface area contributed by atoms with Crippen molar-refractivity contribution in [2.45, 2.75) is 15.1 Å². The van der Waals surface area contributed by atoms with E-state index in [1.54, 1.807) is 60.7 Å². The second-order valence-electron chi connectivity index (χ2n) is 7.30. The highest BCUT2D eigenvalue weighted by Crippen LogP contribution is 2.36. The molecular formula is C25H19BrN2O6S2. The predicted octanol–water partition coefficient (Wildman–Crippen LogP) is 6.53. The van der Waals surface area contributed by atoms with Gasteiger partial charge in [-0.15, -0.1) is 10.2 Å². The highest BCUT2D eigenvalue weighted by atomic mass is 79.9. The summed E-state index contributed by atoms with van der Waals surface area (Å²) in [5.74, 6) is -0.0799. The lowest BCUT2D eigenvalue weighted by Gasteiger charge is -2.10. The maximum Gasteiger partial charge on any atom is 0.339 e. The summed E-state index contributed by atoms with van der Waals surface area (Å²) in [6.07, 6.45) is 0. The van der Waals surface area contributed by atoms with E-state index in [1.165, 1.54) is 42.5 Å². The Morgan fingerprint density at radius 2 is 1.06 bits per heavy atom. The molecule has 0 radical (unpaired) electrons. The van der Waals surface area contributed by atoms with Gasteiger partial charge in [0.05, 0.1) is 0 Å². The molecule has 8 nitrogen and oxygen atoms in total. The zero-order valence-corrected chi connectivity index (χ0v) is 21.8. The number of rotatable bonds is 9. The molecule has 0 N–H and O–H groups in total. The molecule has 36 heavy (non-hydrogen) atoms. The quantitative estimate of drug-likeness (QED) is 0.125. The van der Waals surface area contributed by atoms with Gasteiger partial charge in [0.15, 0.2) is 11.5 Å². The molecule has 0 unspecified atom stereocenters. The van der Waals surface area contributed by atoms with Crippen molar-refractivity contribution >= 4 is 47.5 Å². The lowest BCUT2D eigenvalue weighted by atomic mass is 10.2. The van der Waals surface area contributed by atoms with Crippen LogP contribution in [0.3, 0.4) is 0 Å². The van der Waals surface area contributed by atoms with E-state index in [2.05, 4.69) is 26.2 Å². The molecule has 0 aliphatic carbocycles. The Balaban J connectivity index is 1.67. The van der Waals surface area contributed by atoms with E-state index in [0.29, 0.717) is 5.33 Å². The maximum atomic E-state index is 12.7. The molecule has 0 aliphatic heterocycles. The highest BCUT2D eigenvalue weighted by molar-refractivity contribution is 9.08. The van der Waals surface area contributed by atoms with Crippen molar-refractivity contribution in [1.29, 1.82) is 0 Å². The number of hydrogen-bond donors (Lipinski definition) is 0. The smallest absolute Gasteiger partial charge is 0.339 e. The molecule has 0 saturated heterocycles. The first-order chi connectivity index (χ1) is 17.3. The molecule has 4 aromatic rings. The molecule has 184 valence electrons. The van der Waals surface area contributed by atoms with E-state index in [4.69, 9.17) is 8.37 Å². The molecule has 0 bridgehead atoms. The predicted molar refractivity (Wildman–Crippen MR) is 138 cm³/mol. The van der Waals surface area contributed by atoms with E-state index in [-0.39, 0.29) is 32.7 Å². The van der Waals surface area contributed by atoms with E-state index in [0.717, 1.165) is 5.56 Å². The highest BCUT2D eigenvalue weighted by Gasteiger charge is 2.20. The zero-order valence-electron chi connectivity index (χ0n) is 18.6. The van der Waals surface area contributed by atoms with Gasteiger partial charge in [0, 0.05) is 5.33 Å². The fourth-order valence-electron chi connectivity index (χ4n) is 3.02. The van der Waals surface area contributed by atoms with Crippen molar-refractivity contribution in [3.05, 3.63) is 109 Å². The normalized spacial score (nSPS) is 11.9. The third kappa shape index (κ3) is 6.17. The number of hydrogen-bond acceptors (Lipinski definition) is 8. The zero-order chi connectivity index (χ0) is 25.6. The molecule has 4 rings (SSSR count). The fraction of sp³-hybridized carbons (Fsp3) is 0.0400. The Kier molecular flexibility index (Phi) is 7.82. The first kappa shape index (κ1) is 25.5. The largest absolute Gasteiger partial charge is 0.377 e. The third-order valence-corrected chi connectivity index (χ3v) is 7.92. The van der Waals surface area contributed by atoms with Gasteiger partial charge in [0.2, 0.25) is 0 Å². The van der Waals surface area contributed by atoms with Crippen LogP contribution in [0.25, 0.3) is 0 Å². The minimum absolute atomic E-state index is 0.0106. The summed E-state index contributed by atoms with van der Waals surface area (Å²) in [7, 11) is -8.22. The average molecular weight is 587 g/mol. The summed E-state index contributed by atoms with van der Waals surface area (Å²) in [6, 6.07) is 26.4. The summed E-state index contributed by atoms with van der Waals surface area (Å²) in [6.45, 7) is 0. The van der Waals surface area contributed by atoms with Crippen LogP contribution in [0.5, 0.6) is 11.5 Å². The number of azo groups is 1. The van der Waals surface area contributed by atoms with Crippen molar-refractivity contribution in [1.82, 2.24) is 0 Å². The minimum Gasteiger partial charge on any atom is -0.377 e. The molecule has 4 aromatic carbocycles. The van der Waals surface area contributed by atoms with Crippen LogP contribution in [-0.2, 0) is 25.6 Å². The molecule has 0 aromatic heterocycles. The van der Waals surface area contributed by atoms with Gasteiger partial charge in [0.1, 0.15) is 21.2 Å². The van der Waals surface area contributed by atoms with E-state index >= 15 is 0 Å². The Hall–Kier alpha value is -3.54. The van der Waals surface area contributed by atoms with Crippen LogP contribution in [0, 0.1) is 0 Å². The third-order valence-electron chi connectivity index (χ3n) is 4.77. The number of alkyl halides is 1. The Morgan fingerprint density at radius 3 is 1.61 bits per heavy atom. The second-order valence-corrected chi connectivity index (χ2v) is 11.0. The summed E-state index contributed by atoms with van der Waals surface area (Å²) < 4.78 is 61.5. The van der Waals surface area contributed by atoms with Crippen LogP contribution in [0.1, 0.15) is 5.56 Å². The molecule has 0 amide bonds. The molecule has 0 spiro atoms. The molecule has 0 aliphatic rings. The molecule has 0 atom stereocenters. The molecule has 0 fully saturated rings. The summed E-state index contributed by atoms with van der Waals surface area (Å²) in [5.41, 5.74) is 1.05. The molecule has 0 heterocycles. The number of benzene rings is 4. The Labute approximate surface area is 217 Å². The van der Waals surface area contributed by atoms with Crippen molar-refractivity contribution in [2.75, 3.05) is 0 Å². The van der Waals surface area contributed by atoms with Crippen molar-refractivity contribution in [3.63, 3.8) is 0 Å². The average Bonchev–Trinajstić information content (AvgIpc) is 2.89. The van der Waals surface area contributed by atoms with Crippen LogP contribution >= 0.6 is 15.9 Å². The molecule has 11 heteroatoms. The van der Waals surface area contributed by atoms with Crippen LogP contribution in [0.4, 0.5) is 11.4 Å². The van der Waals surface area contributed by atoms with Gasteiger partial charge in [-0.25, -0.2) is 0 Å². The van der Waals surface area contributed by atoms with Gasteiger partial charge in [0.25, 0.3) is 0 Å². The summed E-state index contributed by atoms with van der Waals surface area (Å²) >= 11 is 3.36. The number of nitrogens with zero attached hydrogens (tertiary/aromatic N) is 2. The Bertz CT molecular complexity index is 1590. The van der Waals surface area contributed by atoms with Crippen LogP contribution < -0.4 is 8.37 Å². The monoisotopic (exact) mass is 586 g/mol. The fourth-order valence-corrected chi connectivity index (χ4v) is 5.30. The number of para-hydroxylation sites is 1. The lowest BCUT2D eigenvalue weighted by Crippen LogP contribution is -2.09. The lowest BCUT2D eigenvalue weighted by molar-refractivity contribution is 0.484. The topological polar surface area (TPSA) is 111 Å². The summed E-state index contributed by atoms with van der Waals surface area (Å²) in [5, 5.41) is 8.79. The number of halogens is 1. The first-order valence-corrected chi connectivity index (χ1v) is 14.4. The van der Waals surface area contributed by atoms with Crippen molar-refractivity contribution < 1.29 is 25.2 Å². The van der Waals surface area contributed by atoms with Crippen molar-refractivity contribution in [3.8, 4) is 11.5 Å². The SMILES string of the molecule is O=S(=O)(Oc1ccccc1N=Nc1cc(CBr)ccc1OS(=O)(=O)c1ccccc1)c1ccccc1. The van der Waals surface area contributed by atoms with Gasteiger partial charge >= 0.3 is 20.2 Å². The maximum absolute atomic E-state index is 12.7. The van der Waals surface area contributed by atoms with Gasteiger partial charge in [-0.2, -0.15) is 16.8 Å².